The van der Waals surface area contributed by atoms with E-state index in [2.05, 4.69) is 211 Å². The van der Waals surface area contributed by atoms with Gasteiger partial charge in [0.05, 0.1) is 28.2 Å². The summed E-state index contributed by atoms with van der Waals surface area (Å²) < 4.78 is 15.3. The number of hydrogen-bond donors (Lipinski definition) is 0. The quantitative estimate of drug-likeness (QED) is 0.0432. The maximum atomic E-state index is 4.81. The van der Waals surface area contributed by atoms with Gasteiger partial charge < -0.3 is 36.5 Å². The Kier molecular flexibility index (Phi) is 31.7. The minimum absolute atomic E-state index is 0. The largest absolute Gasteiger partial charge is 0.348 e. The van der Waals surface area contributed by atoms with Gasteiger partial charge in [-0.3, -0.25) is 19.9 Å². The van der Waals surface area contributed by atoms with Crippen molar-refractivity contribution in [1.29, 1.82) is 0 Å². The number of hydrogen-bond acceptors (Lipinski definition) is 4. The summed E-state index contributed by atoms with van der Waals surface area (Å²) in [6, 6.07) is 105. The number of aryl methyl sites for hydroxylation is 4. The number of nitrogens with zero attached hydrogens (tertiary/aromatic N) is 12. The molecule has 552 valence electrons. The van der Waals surface area contributed by atoms with Crippen LogP contribution in [0, 0.1) is 73.8 Å². The van der Waals surface area contributed by atoms with E-state index in [1.54, 1.807) is 0 Å². The van der Waals surface area contributed by atoms with Crippen molar-refractivity contribution in [3.63, 3.8) is 0 Å². The molecule has 8 aromatic heterocycles. The van der Waals surface area contributed by atoms with Crippen LogP contribution in [0.25, 0.3) is 22.9 Å². The molecular formula is C92H76N12Pd4-8. The van der Waals surface area contributed by atoms with Crippen LogP contribution in [-0.4, -0.2) is 38.2 Å². The van der Waals surface area contributed by atoms with Crippen LogP contribution in [0.5, 0.6) is 0 Å². The van der Waals surface area contributed by atoms with E-state index < -0.39 is 0 Å². The third-order valence-electron chi connectivity index (χ3n) is 16.8. The van der Waals surface area contributed by atoms with Crippen molar-refractivity contribution < 1.29 is 100.0 Å². The van der Waals surface area contributed by atoms with Gasteiger partial charge in [0.2, 0.25) is 25.3 Å². The molecule has 0 amide bonds. The first-order valence-electron chi connectivity index (χ1n) is 34.6. The normalized spacial score (nSPS) is 10.4. The van der Waals surface area contributed by atoms with Crippen molar-refractivity contribution in [1.82, 2.24) is 38.2 Å². The molecule has 16 aromatic rings. The summed E-state index contributed by atoms with van der Waals surface area (Å²) in [5.74, 6) is 0.873. The fourth-order valence-electron chi connectivity index (χ4n) is 11.8. The fourth-order valence-corrected chi connectivity index (χ4v) is 11.8. The van der Waals surface area contributed by atoms with Gasteiger partial charge in [-0.1, -0.05) is 41.3 Å². The first-order chi connectivity index (χ1) is 51.0. The van der Waals surface area contributed by atoms with Crippen LogP contribution >= 0.6 is 0 Å². The number of pyridine rings is 4. The fraction of sp³-hybridized carbons (Fsp3) is 0.130. The van der Waals surface area contributed by atoms with E-state index in [0.29, 0.717) is 0 Å². The molecule has 0 aliphatic rings. The Labute approximate surface area is 690 Å². The van der Waals surface area contributed by atoms with Crippen LogP contribution in [0.15, 0.2) is 292 Å². The standard InChI is InChI=1S/4C23H19N3.4Pd/c2*1-25-12-13-26(18-25)23-10-5-8-21(17-23)15-19-6-4-7-20(14-19)16-22-9-2-3-11-24-22;1-25-13-14-26(18-25)23-12-5-9-20(17-23)16-22-11-6-10-21(24-22)15-19-7-3-2-4-8-19;1-25-13-14-26(18-25)23-12-6-11-22(24-23)17-21-10-5-9-20(16-21)15-19-7-3-2-4-8-19;;;;/h2*2-13H,15-16H2,1H3;2-7,9-14H,15-16H2,1H3;2-7,9-14H,15,17H2,1H3;;;;/q4*-2;;;;. The van der Waals surface area contributed by atoms with Gasteiger partial charge in [0.15, 0.2) is 0 Å². The van der Waals surface area contributed by atoms with Crippen molar-refractivity contribution >= 4 is 0 Å². The molecule has 0 N–H and O–H groups in total. The Bertz CT molecular complexity index is 4700. The van der Waals surface area contributed by atoms with E-state index in [1.165, 1.54) is 11.1 Å². The van der Waals surface area contributed by atoms with E-state index in [4.69, 9.17) is 9.97 Å². The molecule has 0 saturated heterocycles. The minimum atomic E-state index is 0. The predicted octanol–water partition coefficient (Wildman–Crippen LogP) is 13.1. The van der Waals surface area contributed by atoms with Gasteiger partial charge in [-0.15, -0.1) is 0 Å². The zero-order valence-electron chi connectivity index (χ0n) is 60.0. The van der Waals surface area contributed by atoms with Gasteiger partial charge in [0, 0.05) is 172 Å². The third-order valence-corrected chi connectivity index (χ3v) is 16.8. The molecule has 0 fully saturated rings. The molecule has 0 bridgehead atoms. The van der Waals surface area contributed by atoms with Gasteiger partial charge in [-0.25, -0.2) is 0 Å². The third kappa shape index (κ3) is 25.0. The van der Waals surface area contributed by atoms with Crippen LogP contribution in [0.4, 0.5) is 0 Å². The second kappa shape index (κ2) is 41.8. The molecule has 16 rings (SSSR count). The molecule has 0 aliphatic carbocycles. The second-order valence-electron chi connectivity index (χ2n) is 25.2. The Morgan fingerprint density at radius 3 is 0.898 bits per heavy atom. The predicted molar refractivity (Wildman–Crippen MR) is 399 cm³/mol. The molecule has 8 heterocycles. The first kappa shape index (κ1) is 81.9. The molecule has 12 nitrogen and oxygen atoms in total. The molecular weight excluding hydrogens is 1700 g/mol. The van der Waals surface area contributed by atoms with E-state index in [1.807, 2.05) is 230 Å². The number of aromatic nitrogens is 12. The minimum Gasteiger partial charge on any atom is -0.348 e. The van der Waals surface area contributed by atoms with Crippen molar-refractivity contribution in [3.8, 4) is 22.9 Å². The van der Waals surface area contributed by atoms with Crippen LogP contribution < -0.4 is 18.3 Å². The van der Waals surface area contributed by atoms with Crippen molar-refractivity contribution in [2.45, 2.75) is 51.4 Å². The average Bonchev–Trinajstić information content (AvgIpc) is 1.50. The smallest absolute Gasteiger partial charge is 0.244 e. The molecule has 108 heavy (non-hydrogen) atoms. The molecule has 0 spiro atoms. The summed E-state index contributed by atoms with van der Waals surface area (Å²) in [4.78, 5) is 18.4. The molecule has 0 atom stereocenters. The molecule has 0 aliphatic heterocycles. The van der Waals surface area contributed by atoms with Crippen molar-refractivity contribution in [2.24, 2.45) is 28.2 Å². The van der Waals surface area contributed by atoms with Crippen LogP contribution in [-0.2, 0) is 161 Å². The first-order valence-corrected chi connectivity index (χ1v) is 34.6. The number of imidazole rings is 4. The Morgan fingerprint density at radius 2 is 0.537 bits per heavy atom. The Morgan fingerprint density at radius 1 is 0.259 bits per heavy atom. The van der Waals surface area contributed by atoms with Crippen LogP contribution in [0.3, 0.4) is 0 Å². The monoisotopic (exact) mass is 1770 g/mol. The van der Waals surface area contributed by atoms with E-state index >= 15 is 0 Å². The molecule has 16 heteroatoms. The van der Waals surface area contributed by atoms with Gasteiger partial charge in [-0.05, 0) is 99.9 Å². The molecule has 0 unspecified atom stereocenters. The van der Waals surface area contributed by atoms with Crippen LogP contribution in [0.1, 0.15) is 89.7 Å². The molecule has 8 aromatic carbocycles. The molecule has 0 saturated carbocycles. The summed E-state index contributed by atoms with van der Waals surface area (Å²) in [7, 11) is 7.83. The SMILES string of the molecule is C[n+]1[c-]n(-c2[c-]c(Cc3[c-]c(Cc4ccccn4)ccc3)ccc2)cc1.C[n+]1[c-]n(-c2[c-]c(Cc3[c-]c(Cc4ccccn4)ccc3)ccc2)cc1.C[n+]1[c-]n(-c2[c-]c(Cc3cccc(Cc4[c-]cccc4)n3)ccc2)cc1.C[n+]1[c-]n(-c2cccc(Cc3[c-]c(Cc4[c-]cccc4)ccc3)n2)cc1.[Pd].[Pd].[Pd].[Pd]. The summed E-state index contributed by atoms with van der Waals surface area (Å²) in [5.41, 5.74) is 20.9. The summed E-state index contributed by atoms with van der Waals surface area (Å²) in [6.07, 6.45) is 38.6. The van der Waals surface area contributed by atoms with Gasteiger partial charge in [0.25, 0.3) is 0 Å². The van der Waals surface area contributed by atoms with Crippen LogP contribution in [0.2, 0.25) is 0 Å². The number of benzene rings is 8. The Balaban J connectivity index is 0.000000164. The maximum Gasteiger partial charge on any atom is 0.244 e. The zero-order chi connectivity index (χ0) is 71.1. The number of rotatable bonds is 20. The van der Waals surface area contributed by atoms with Gasteiger partial charge in [-0.2, -0.15) is 267 Å². The summed E-state index contributed by atoms with van der Waals surface area (Å²) in [6.45, 7) is 0. The van der Waals surface area contributed by atoms with Gasteiger partial charge >= 0.3 is 0 Å². The summed E-state index contributed by atoms with van der Waals surface area (Å²) >= 11 is 0. The van der Waals surface area contributed by atoms with Crippen molar-refractivity contribution in [3.05, 3.63) is 456 Å². The second-order valence-corrected chi connectivity index (χ2v) is 25.2. The maximum absolute atomic E-state index is 4.81. The molecule has 0 radical (unpaired) electrons. The zero-order valence-corrected chi connectivity index (χ0v) is 66.2. The Hall–Kier alpha value is -10.2. The summed E-state index contributed by atoms with van der Waals surface area (Å²) in [5, 5.41) is 0. The van der Waals surface area contributed by atoms with Gasteiger partial charge in [0.1, 0.15) is 5.82 Å². The average molecular weight is 1780 g/mol. The van der Waals surface area contributed by atoms with E-state index in [9.17, 15) is 0 Å². The topological polar surface area (TPSA) is 86.8 Å². The van der Waals surface area contributed by atoms with E-state index in [0.717, 1.165) is 153 Å². The van der Waals surface area contributed by atoms with Crippen molar-refractivity contribution in [2.75, 3.05) is 0 Å². The van der Waals surface area contributed by atoms with E-state index in [-0.39, 0.29) is 81.7 Å².